The summed E-state index contributed by atoms with van der Waals surface area (Å²) in [6.07, 6.45) is 5.44. The molecule has 1 aliphatic rings. The molecule has 1 aliphatic carbocycles. The number of amides is 3. The van der Waals surface area contributed by atoms with Crippen LogP contribution < -0.4 is 16.4 Å². The lowest BCUT2D eigenvalue weighted by Gasteiger charge is -2.28. The number of carbonyl (C=O) groups excluding carboxylic acids is 4. The Morgan fingerprint density at radius 1 is 1.07 bits per heavy atom. The average molecular weight is 426 g/mol. The number of nitrogens with two attached hydrogens (primary N) is 1. The summed E-state index contributed by atoms with van der Waals surface area (Å²) in [6, 6.07) is -1.63. The van der Waals surface area contributed by atoms with Crippen LogP contribution in [0.4, 0.5) is 4.79 Å². The van der Waals surface area contributed by atoms with Crippen molar-refractivity contribution in [3.63, 3.8) is 0 Å². The zero-order valence-electron chi connectivity index (χ0n) is 19.1. The molecule has 8 nitrogen and oxygen atoms in total. The summed E-state index contributed by atoms with van der Waals surface area (Å²) >= 11 is 0. The van der Waals surface area contributed by atoms with Gasteiger partial charge in [0.1, 0.15) is 11.6 Å². The average Bonchev–Trinajstić information content (AvgIpc) is 2.64. The first-order valence-electron chi connectivity index (χ1n) is 11.0. The molecular formula is C22H39N3O5. The highest BCUT2D eigenvalue weighted by Crippen LogP contribution is 2.28. The van der Waals surface area contributed by atoms with Crippen molar-refractivity contribution in [2.24, 2.45) is 17.6 Å². The lowest BCUT2D eigenvalue weighted by atomic mass is 9.83. The molecule has 30 heavy (non-hydrogen) atoms. The van der Waals surface area contributed by atoms with E-state index in [9.17, 15) is 19.2 Å². The highest BCUT2D eigenvalue weighted by Gasteiger charge is 2.30. The molecule has 0 aliphatic heterocycles. The van der Waals surface area contributed by atoms with Gasteiger partial charge in [-0.1, -0.05) is 52.4 Å². The maximum atomic E-state index is 12.9. The number of ether oxygens (including phenoxy) is 1. The van der Waals surface area contributed by atoms with E-state index >= 15 is 0 Å². The van der Waals surface area contributed by atoms with Gasteiger partial charge < -0.3 is 21.1 Å². The monoisotopic (exact) mass is 425 g/mol. The summed E-state index contributed by atoms with van der Waals surface area (Å²) in [5.74, 6) is -1.40. The van der Waals surface area contributed by atoms with E-state index in [0.717, 1.165) is 25.7 Å². The van der Waals surface area contributed by atoms with Crippen LogP contribution in [0, 0.1) is 11.8 Å². The first kappa shape index (κ1) is 25.9. The summed E-state index contributed by atoms with van der Waals surface area (Å²) in [4.78, 5) is 49.2. The number of Topliss-reactive ketones (excluding diaryl/α,β-unsaturated/α-hetero) is 1. The first-order chi connectivity index (χ1) is 13.9. The lowest BCUT2D eigenvalue weighted by Crippen LogP contribution is -2.50. The topological polar surface area (TPSA) is 128 Å². The zero-order chi connectivity index (χ0) is 22.9. The molecule has 0 aromatic heterocycles. The molecule has 172 valence electrons. The molecule has 0 aromatic rings. The smallest absolute Gasteiger partial charge is 0.408 e. The van der Waals surface area contributed by atoms with Crippen LogP contribution in [0.2, 0.25) is 0 Å². The van der Waals surface area contributed by atoms with Crippen LogP contribution in [0.3, 0.4) is 0 Å². The van der Waals surface area contributed by atoms with Crippen molar-refractivity contribution < 1.29 is 23.9 Å². The standard InChI is InChI=1S/C22H39N3O5/c1-6-14(2)19(20(23)28)25-18(27)13-17(26)16(12-15-10-8-7-9-11-15)24-21(29)30-22(3,4)5/h14-16,19H,6-13H2,1-5H3,(H2,23,28)(H,24,29)(H,25,27)/t14-,16-,19-/m0/s1. The summed E-state index contributed by atoms with van der Waals surface area (Å²) in [5, 5.41) is 5.22. The van der Waals surface area contributed by atoms with Gasteiger partial charge in [0.25, 0.3) is 0 Å². The molecule has 0 heterocycles. The minimum atomic E-state index is -0.828. The molecule has 8 heteroatoms. The number of hydrogen-bond donors (Lipinski definition) is 3. The van der Waals surface area contributed by atoms with E-state index < -0.39 is 47.8 Å². The second-order valence-corrected chi connectivity index (χ2v) is 9.41. The van der Waals surface area contributed by atoms with Gasteiger partial charge in [0.15, 0.2) is 5.78 Å². The van der Waals surface area contributed by atoms with Gasteiger partial charge in [-0.2, -0.15) is 0 Å². The number of hydrogen-bond acceptors (Lipinski definition) is 5. The van der Waals surface area contributed by atoms with Gasteiger partial charge in [-0.05, 0) is 39.0 Å². The van der Waals surface area contributed by atoms with Crippen molar-refractivity contribution in [3.05, 3.63) is 0 Å². The molecule has 1 rings (SSSR count). The number of nitrogens with one attached hydrogen (secondary N) is 2. The van der Waals surface area contributed by atoms with E-state index in [1.165, 1.54) is 6.42 Å². The molecular weight excluding hydrogens is 386 g/mol. The number of primary amides is 1. The van der Waals surface area contributed by atoms with Crippen LogP contribution in [-0.4, -0.2) is 41.4 Å². The number of alkyl carbamates (subject to hydrolysis) is 1. The highest BCUT2D eigenvalue weighted by molar-refractivity contribution is 6.02. The molecule has 0 radical (unpaired) electrons. The molecule has 0 spiro atoms. The number of carbonyl (C=O) groups is 4. The van der Waals surface area contributed by atoms with Gasteiger partial charge >= 0.3 is 6.09 Å². The Kier molecular flexibility index (Phi) is 10.3. The van der Waals surface area contributed by atoms with Crippen molar-refractivity contribution in [1.82, 2.24) is 10.6 Å². The van der Waals surface area contributed by atoms with E-state index in [1.54, 1.807) is 20.8 Å². The van der Waals surface area contributed by atoms with E-state index in [2.05, 4.69) is 10.6 Å². The predicted molar refractivity (Wildman–Crippen MR) is 115 cm³/mol. The molecule has 1 saturated carbocycles. The van der Waals surface area contributed by atoms with Crippen molar-refractivity contribution in [2.75, 3.05) is 0 Å². The van der Waals surface area contributed by atoms with E-state index in [4.69, 9.17) is 10.5 Å². The third kappa shape index (κ3) is 9.59. The molecule has 4 N–H and O–H groups in total. The molecule has 1 fully saturated rings. The molecule has 3 atom stereocenters. The highest BCUT2D eigenvalue weighted by atomic mass is 16.6. The van der Waals surface area contributed by atoms with Crippen molar-refractivity contribution >= 4 is 23.7 Å². The number of rotatable bonds is 10. The largest absolute Gasteiger partial charge is 0.444 e. The SMILES string of the molecule is CC[C@H](C)[C@H](NC(=O)CC(=O)[C@H](CC1CCCCC1)NC(=O)OC(C)(C)C)C(N)=O. The van der Waals surface area contributed by atoms with E-state index in [1.807, 2.05) is 13.8 Å². The van der Waals surface area contributed by atoms with Gasteiger partial charge in [0.2, 0.25) is 11.8 Å². The Morgan fingerprint density at radius 3 is 2.17 bits per heavy atom. The second kappa shape index (κ2) is 11.9. The van der Waals surface area contributed by atoms with E-state index in [0.29, 0.717) is 18.8 Å². The Labute approximate surface area is 180 Å². The molecule has 0 bridgehead atoms. The summed E-state index contributed by atoms with van der Waals surface area (Å²) in [6.45, 7) is 8.95. The number of ketones is 1. The molecule has 0 saturated heterocycles. The Balaban J connectivity index is 2.80. The van der Waals surface area contributed by atoms with Crippen molar-refractivity contribution in [1.29, 1.82) is 0 Å². The van der Waals surface area contributed by atoms with Crippen LogP contribution in [0.1, 0.15) is 86.0 Å². The van der Waals surface area contributed by atoms with Crippen LogP contribution in [-0.2, 0) is 19.1 Å². The second-order valence-electron chi connectivity index (χ2n) is 9.41. The van der Waals surface area contributed by atoms with Gasteiger partial charge in [-0.25, -0.2) is 4.79 Å². The third-order valence-corrected chi connectivity index (χ3v) is 5.54. The van der Waals surface area contributed by atoms with Gasteiger partial charge in [0.05, 0.1) is 12.5 Å². The fourth-order valence-corrected chi connectivity index (χ4v) is 3.71. The van der Waals surface area contributed by atoms with Crippen molar-refractivity contribution in [2.45, 2.75) is 104 Å². The molecule has 0 aromatic carbocycles. The summed E-state index contributed by atoms with van der Waals surface area (Å²) in [5.41, 5.74) is 4.70. The lowest BCUT2D eigenvalue weighted by molar-refractivity contribution is -0.133. The predicted octanol–water partition coefficient (Wildman–Crippen LogP) is 2.83. The van der Waals surface area contributed by atoms with Gasteiger partial charge in [0, 0.05) is 0 Å². The first-order valence-corrected chi connectivity index (χ1v) is 11.0. The van der Waals surface area contributed by atoms with Crippen LogP contribution in [0.25, 0.3) is 0 Å². The third-order valence-electron chi connectivity index (χ3n) is 5.54. The Hall–Kier alpha value is -2.12. The fraction of sp³-hybridized carbons (Fsp3) is 0.818. The zero-order valence-corrected chi connectivity index (χ0v) is 19.1. The Bertz CT molecular complexity index is 608. The minimum Gasteiger partial charge on any atom is -0.444 e. The van der Waals surface area contributed by atoms with Crippen LogP contribution in [0.15, 0.2) is 0 Å². The minimum absolute atomic E-state index is 0.139. The normalized spacial score (nSPS) is 18.0. The van der Waals surface area contributed by atoms with Gasteiger partial charge in [-0.15, -0.1) is 0 Å². The molecule has 3 amide bonds. The van der Waals surface area contributed by atoms with Crippen LogP contribution in [0.5, 0.6) is 0 Å². The van der Waals surface area contributed by atoms with E-state index in [-0.39, 0.29) is 5.92 Å². The maximum absolute atomic E-state index is 12.9. The molecule has 0 unspecified atom stereocenters. The van der Waals surface area contributed by atoms with Crippen LogP contribution >= 0.6 is 0 Å². The Morgan fingerprint density at radius 2 is 1.67 bits per heavy atom. The summed E-state index contributed by atoms with van der Waals surface area (Å²) < 4.78 is 5.29. The quantitative estimate of drug-likeness (QED) is 0.464. The van der Waals surface area contributed by atoms with Crippen molar-refractivity contribution in [3.8, 4) is 0 Å². The maximum Gasteiger partial charge on any atom is 0.408 e. The summed E-state index contributed by atoms with van der Waals surface area (Å²) in [7, 11) is 0. The fourth-order valence-electron chi connectivity index (χ4n) is 3.71. The van der Waals surface area contributed by atoms with Gasteiger partial charge in [-0.3, -0.25) is 14.4 Å².